The van der Waals surface area contributed by atoms with Gasteiger partial charge in [-0.05, 0) is 31.2 Å². The Hall–Kier alpha value is -2.61. The molecule has 2 aliphatic heterocycles. The Morgan fingerprint density at radius 2 is 1.95 bits per heavy atom. The molecule has 13 nitrogen and oxygen atoms in total. The maximum absolute atomic E-state index is 11.1. The molecule has 226 valence electrons. The van der Waals surface area contributed by atoms with Gasteiger partial charge in [-0.1, -0.05) is 12.8 Å². The molecule has 3 aromatic rings. The van der Waals surface area contributed by atoms with Crippen molar-refractivity contribution in [2.24, 2.45) is 5.92 Å². The second-order valence-electron chi connectivity index (χ2n) is 11.4. The van der Waals surface area contributed by atoms with Crippen molar-refractivity contribution < 1.29 is 35.0 Å². The highest BCUT2D eigenvalue weighted by atomic mass is 32.2. The van der Waals surface area contributed by atoms with Gasteiger partial charge in [0, 0.05) is 35.0 Å². The van der Waals surface area contributed by atoms with Crippen LogP contribution in [0.25, 0.3) is 22.3 Å². The largest absolute Gasteiger partial charge is 0.395 e. The molecule has 9 atom stereocenters. The number of aliphatic hydroxyl groups excluding tert-OH is 5. The van der Waals surface area contributed by atoms with Gasteiger partial charge in [-0.2, -0.15) is 10.4 Å². The minimum absolute atomic E-state index is 0.00176. The van der Waals surface area contributed by atoms with E-state index in [1.54, 1.807) is 18.5 Å². The number of thioether (sulfide) groups is 1. The summed E-state index contributed by atoms with van der Waals surface area (Å²) >= 11 is 1.31. The topological polar surface area (TPSA) is 192 Å². The van der Waals surface area contributed by atoms with Crippen molar-refractivity contribution in [1.29, 1.82) is 5.26 Å². The molecule has 0 amide bonds. The quantitative estimate of drug-likeness (QED) is 0.250. The summed E-state index contributed by atoms with van der Waals surface area (Å²) in [4.78, 5) is 8.89. The van der Waals surface area contributed by atoms with Gasteiger partial charge in [0.25, 0.3) is 0 Å². The van der Waals surface area contributed by atoms with Crippen LogP contribution in [0.2, 0.25) is 0 Å². The second kappa shape index (κ2) is 12.6. The maximum atomic E-state index is 11.1. The Morgan fingerprint density at radius 3 is 2.71 bits per heavy atom. The molecular formula is C28H36N6O7S. The summed E-state index contributed by atoms with van der Waals surface area (Å²) in [6.07, 6.45) is 4.56. The lowest BCUT2D eigenvalue weighted by molar-refractivity contribution is -0.311. The van der Waals surface area contributed by atoms with Crippen LogP contribution in [-0.4, -0.2) is 97.8 Å². The van der Waals surface area contributed by atoms with E-state index in [0.717, 1.165) is 18.4 Å². The van der Waals surface area contributed by atoms with Crippen LogP contribution in [-0.2, 0) is 9.47 Å². The summed E-state index contributed by atoms with van der Waals surface area (Å²) < 4.78 is 15.1. The first-order chi connectivity index (χ1) is 20.4. The number of hydrogen-bond acceptors (Lipinski definition) is 12. The monoisotopic (exact) mass is 600 g/mol. The van der Waals surface area contributed by atoms with Gasteiger partial charge in [-0.3, -0.25) is 4.68 Å². The van der Waals surface area contributed by atoms with E-state index in [-0.39, 0.29) is 24.3 Å². The zero-order chi connectivity index (χ0) is 29.4. The number of ether oxygens (including phenoxy) is 2. The Balaban J connectivity index is 1.22. The lowest BCUT2D eigenvalue weighted by Gasteiger charge is -2.43. The SMILES string of the molecule is N#CC[C@H](C1CCCC1)n1cc(-c2ncnc3c2ccn3C2O[C@H](O)[C@@H](O[C@H]3C[C@@H](O)C[C@H](CO)S3)[C@@H](O)[C@H]2O)cn1. The molecule has 0 spiro atoms. The average molecular weight is 601 g/mol. The molecule has 6 rings (SSSR count). The highest BCUT2D eigenvalue weighted by molar-refractivity contribution is 8.00. The van der Waals surface area contributed by atoms with Crippen molar-refractivity contribution in [3.63, 3.8) is 0 Å². The molecule has 5 N–H and O–H groups in total. The Bertz CT molecular complexity index is 1410. The minimum atomic E-state index is -1.58. The normalized spacial score (nSPS) is 33.1. The van der Waals surface area contributed by atoms with E-state index < -0.39 is 42.4 Å². The van der Waals surface area contributed by atoms with Gasteiger partial charge in [0.2, 0.25) is 0 Å². The van der Waals surface area contributed by atoms with Gasteiger partial charge in [-0.25, -0.2) is 9.97 Å². The molecule has 0 bridgehead atoms. The smallest absolute Gasteiger partial charge is 0.186 e. The summed E-state index contributed by atoms with van der Waals surface area (Å²) in [6.45, 7) is -0.134. The predicted octanol–water partition coefficient (Wildman–Crippen LogP) is 1.47. The van der Waals surface area contributed by atoms with Gasteiger partial charge in [0.05, 0.1) is 43.1 Å². The summed E-state index contributed by atoms with van der Waals surface area (Å²) in [5, 5.41) is 66.9. The molecule has 3 aromatic heterocycles. The number of nitriles is 1. The molecule has 1 aliphatic carbocycles. The van der Waals surface area contributed by atoms with Crippen LogP contribution in [0, 0.1) is 17.2 Å². The zero-order valence-electron chi connectivity index (χ0n) is 23.0. The van der Waals surface area contributed by atoms with E-state index in [9.17, 15) is 30.8 Å². The number of fused-ring (bicyclic) bond motifs is 1. The van der Waals surface area contributed by atoms with Crippen molar-refractivity contribution in [2.75, 3.05) is 6.61 Å². The second-order valence-corrected chi connectivity index (χ2v) is 12.8. The number of hydrogen-bond donors (Lipinski definition) is 5. The molecule has 14 heteroatoms. The molecule has 42 heavy (non-hydrogen) atoms. The zero-order valence-corrected chi connectivity index (χ0v) is 23.8. The van der Waals surface area contributed by atoms with Gasteiger partial charge in [0.1, 0.15) is 35.7 Å². The van der Waals surface area contributed by atoms with Gasteiger partial charge in [-0.15, -0.1) is 11.8 Å². The van der Waals surface area contributed by atoms with Crippen molar-refractivity contribution in [3.05, 3.63) is 31.0 Å². The lowest BCUT2D eigenvalue weighted by Crippen LogP contribution is -2.57. The van der Waals surface area contributed by atoms with Crippen LogP contribution in [0.1, 0.15) is 57.2 Å². The van der Waals surface area contributed by atoms with Crippen LogP contribution in [0.5, 0.6) is 0 Å². The highest BCUT2D eigenvalue weighted by Crippen LogP contribution is 2.39. The Labute approximate surface area is 246 Å². The number of nitrogens with zero attached hydrogens (tertiary/aromatic N) is 6. The van der Waals surface area contributed by atoms with Gasteiger partial charge < -0.3 is 39.6 Å². The lowest BCUT2D eigenvalue weighted by atomic mass is 9.96. The van der Waals surface area contributed by atoms with Crippen molar-refractivity contribution in [2.45, 2.75) is 98.6 Å². The molecule has 1 saturated carbocycles. The Morgan fingerprint density at radius 1 is 1.14 bits per heavy atom. The van der Waals surface area contributed by atoms with Crippen molar-refractivity contribution in [3.8, 4) is 17.3 Å². The van der Waals surface area contributed by atoms with Gasteiger partial charge >= 0.3 is 0 Å². The standard InChI is InChI=1S/C28H36N6O7S/c29-7-5-20(15-3-1-2-4-15)34-12-16(11-32-34)22-19-6-8-33(26(19)31-14-30-22)27-24(38)23(37)25(28(39)41-27)40-21-10-17(36)9-18(13-35)42-21/h6,8,11-12,14-15,17-18,20-21,23-25,27-28,35-39H,1-5,9-10,13H2/t17-,18+,20+,21+,23-,24+,25-,27?,28-/m0/s1. The fourth-order valence-electron chi connectivity index (χ4n) is 6.50. The first-order valence-corrected chi connectivity index (χ1v) is 15.3. The Kier molecular flexibility index (Phi) is 8.80. The van der Waals surface area contributed by atoms with Crippen LogP contribution in [0.4, 0.5) is 0 Å². The number of aromatic nitrogens is 5. The van der Waals surface area contributed by atoms with E-state index in [4.69, 9.17) is 9.47 Å². The van der Waals surface area contributed by atoms with Crippen LogP contribution in [0.15, 0.2) is 31.0 Å². The molecule has 3 fully saturated rings. The summed E-state index contributed by atoms with van der Waals surface area (Å²) in [5.74, 6) is 0.414. The number of aliphatic hydroxyl groups is 5. The van der Waals surface area contributed by atoms with Crippen molar-refractivity contribution in [1.82, 2.24) is 24.3 Å². The molecular weight excluding hydrogens is 564 g/mol. The fourth-order valence-corrected chi connectivity index (χ4v) is 7.87. The maximum Gasteiger partial charge on any atom is 0.186 e. The third-order valence-electron chi connectivity index (χ3n) is 8.64. The first-order valence-electron chi connectivity index (χ1n) is 14.4. The fraction of sp³-hybridized carbons (Fsp3) is 0.643. The van der Waals surface area contributed by atoms with Crippen LogP contribution < -0.4 is 0 Å². The van der Waals surface area contributed by atoms with Crippen molar-refractivity contribution >= 4 is 22.8 Å². The summed E-state index contributed by atoms with van der Waals surface area (Å²) in [7, 11) is 0. The highest BCUT2D eigenvalue weighted by Gasteiger charge is 2.47. The van der Waals surface area contributed by atoms with E-state index in [2.05, 4.69) is 21.1 Å². The molecule has 3 aliphatic rings. The summed E-state index contributed by atoms with van der Waals surface area (Å²) in [6, 6.07) is 4.08. The van der Waals surface area contributed by atoms with E-state index in [1.165, 1.54) is 35.5 Å². The molecule has 2 saturated heterocycles. The first kappa shape index (κ1) is 29.5. The van der Waals surface area contributed by atoms with E-state index in [1.807, 2.05) is 10.9 Å². The third-order valence-corrected chi connectivity index (χ3v) is 9.97. The van der Waals surface area contributed by atoms with Crippen LogP contribution >= 0.6 is 11.8 Å². The minimum Gasteiger partial charge on any atom is -0.395 e. The average Bonchev–Trinajstić information content (AvgIpc) is 3.77. The molecule has 0 radical (unpaired) electrons. The predicted molar refractivity (Wildman–Crippen MR) is 150 cm³/mol. The molecule has 1 unspecified atom stereocenters. The van der Waals surface area contributed by atoms with E-state index in [0.29, 0.717) is 35.5 Å². The molecule has 0 aromatic carbocycles. The third kappa shape index (κ3) is 5.68. The summed E-state index contributed by atoms with van der Waals surface area (Å²) in [5.41, 5.74) is 1.20. The van der Waals surface area contributed by atoms with Crippen LogP contribution in [0.3, 0.4) is 0 Å². The van der Waals surface area contributed by atoms with E-state index >= 15 is 0 Å². The number of rotatable bonds is 8. The van der Waals surface area contributed by atoms with Gasteiger partial charge in [0.15, 0.2) is 12.5 Å². The molecule has 5 heterocycles.